The SMILES string of the molecule is CCNC(=NCCc1c[nH]c2ccccc12)N1CC2C3CCC(O3)C2C1.I. The summed E-state index contributed by atoms with van der Waals surface area (Å²) >= 11 is 0. The molecule has 4 heterocycles. The van der Waals surface area contributed by atoms with Crippen LogP contribution in [0.2, 0.25) is 0 Å². The zero-order valence-electron chi connectivity index (χ0n) is 15.9. The first-order valence-corrected chi connectivity index (χ1v) is 10.1. The quantitative estimate of drug-likeness (QED) is 0.401. The first kappa shape index (κ1) is 19.1. The number of aromatic amines is 1. The van der Waals surface area contributed by atoms with E-state index in [4.69, 9.17) is 9.73 Å². The molecule has 0 amide bonds. The summed E-state index contributed by atoms with van der Waals surface area (Å²) in [5.74, 6) is 2.51. The fourth-order valence-electron chi connectivity index (χ4n) is 5.18. The maximum absolute atomic E-state index is 6.11. The average molecular weight is 480 g/mol. The molecular weight excluding hydrogens is 451 g/mol. The highest BCUT2D eigenvalue weighted by Gasteiger charge is 2.53. The largest absolute Gasteiger partial charge is 0.374 e. The van der Waals surface area contributed by atoms with Gasteiger partial charge in [0.2, 0.25) is 0 Å². The first-order valence-electron chi connectivity index (χ1n) is 10.1. The van der Waals surface area contributed by atoms with Crippen molar-refractivity contribution in [2.75, 3.05) is 26.2 Å². The number of likely N-dealkylation sites (tertiary alicyclic amines) is 1. The molecule has 2 N–H and O–H groups in total. The van der Waals surface area contributed by atoms with Crippen molar-refractivity contribution < 1.29 is 4.74 Å². The molecule has 3 fully saturated rings. The molecule has 5 nitrogen and oxygen atoms in total. The number of benzene rings is 1. The van der Waals surface area contributed by atoms with Gasteiger partial charge in [-0.25, -0.2) is 0 Å². The van der Waals surface area contributed by atoms with Gasteiger partial charge in [0, 0.05) is 55.1 Å². The standard InChI is InChI=1S/C21H28N4O.HI/c1-2-22-21(25-12-16-17(13-25)20-8-7-19(16)26-20)23-10-9-14-11-24-18-6-4-3-5-15(14)18;/h3-6,11,16-17,19-20,24H,2,7-10,12-13H2,1H3,(H,22,23);1H. The summed E-state index contributed by atoms with van der Waals surface area (Å²) in [6.07, 6.45) is 6.62. The van der Waals surface area contributed by atoms with Crippen LogP contribution in [0, 0.1) is 11.8 Å². The molecule has 27 heavy (non-hydrogen) atoms. The van der Waals surface area contributed by atoms with Gasteiger partial charge in [-0.05, 0) is 37.8 Å². The van der Waals surface area contributed by atoms with Gasteiger partial charge in [0.05, 0.1) is 12.2 Å². The van der Waals surface area contributed by atoms with Crippen molar-refractivity contribution in [3.8, 4) is 0 Å². The number of guanidine groups is 1. The van der Waals surface area contributed by atoms with Gasteiger partial charge in [0.15, 0.2) is 5.96 Å². The molecule has 146 valence electrons. The summed E-state index contributed by atoms with van der Waals surface area (Å²) < 4.78 is 6.11. The molecule has 6 heteroatoms. The molecule has 0 spiro atoms. The molecule has 0 aliphatic carbocycles. The second kappa shape index (κ2) is 7.99. The summed E-state index contributed by atoms with van der Waals surface area (Å²) in [6, 6.07) is 8.50. The summed E-state index contributed by atoms with van der Waals surface area (Å²) in [6.45, 7) is 6.09. The predicted molar refractivity (Wildman–Crippen MR) is 120 cm³/mol. The van der Waals surface area contributed by atoms with Crippen LogP contribution in [0.25, 0.3) is 10.9 Å². The molecule has 4 atom stereocenters. The van der Waals surface area contributed by atoms with Crippen LogP contribution in [0.4, 0.5) is 0 Å². The van der Waals surface area contributed by atoms with Crippen molar-refractivity contribution >= 4 is 40.8 Å². The van der Waals surface area contributed by atoms with Crippen LogP contribution in [-0.2, 0) is 11.2 Å². The van der Waals surface area contributed by atoms with E-state index < -0.39 is 0 Å². The normalized spacial score (nSPS) is 29.2. The van der Waals surface area contributed by atoms with Crippen molar-refractivity contribution in [2.24, 2.45) is 16.8 Å². The number of hydrogen-bond donors (Lipinski definition) is 2. The number of rotatable bonds is 4. The molecule has 0 radical (unpaired) electrons. The lowest BCUT2D eigenvalue weighted by Crippen LogP contribution is -2.41. The number of aliphatic imine (C=N–C) groups is 1. The van der Waals surface area contributed by atoms with Crippen LogP contribution < -0.4 is 5.32 Å². The Labute approximate surface area is 178 Å². The molecule has 1 aromatic heterocycles. The number of fused-ring (bicyclic) bond motifs is 6. The Bertz CT molecular complexity index is 801. The number of nitrogens with one attached hydrogen (secondary N) is 2. The monoisotopic (exact) mass is 480 g/mol. The molecular formula is C21H29IN4O. The minimum atomic E-state index is 0. The van der Waals surface area contributed by atoms with Crippen LogP contribution in [0.1, 0.15) is 25.3 Å². The Morgan fingerprint density at radius 1 is 1.22 bits per heavy atom. The Hall–Kier alpha value is -1.28. The lowest BCUT2D eigenvalue weighted by Gasteiger charge is -2.23. The first-order chi connectivity index (χ1) is 12.8. The minimum absolute atomic E-state index is 0. The highest BCUT2D eigenvalue weighted by Crippen LogP contribution is 2.47. The van der Waals surface area contributed by atoms with Gasteiger partial charge in [-0.3, -0.25) is 4.99 Å². The third-order valence-electron chi connectivity index (χ3n) is 6.40. The number of hydrogen-bond acceptors (Lipinski definition) is 2. The molecule has 4 unspecified atom stereocenters. The predicted octanol–water partition coefficient (Wildman–Crippen LogP) is 3.40. The van der Waals surface area contributed by atoms with Gasteiger partial charge in [-0.2, -0.15) is 0 Å². The highest BCUT2D eigenvalue weighted by molar-refractivity contribution is 14.0. The summed E-state index contributed by atoms with van der Waals surface area (Å²) in [5, 5.41) is 4.83. The van der Waals surface area contributed by atoms with Gasteiger partial charge < -0.3 is 19.9 Å². The van der Waals surface area contributed by atoms with E-state index in [1.165, 1.54) is 29.3 Å². The average Bonchev–Trinajstić information content (AvgIpc) is 3.42. The number of H-pyrrole nitrogens is 1. The second-order valence-electron chi connectivity index (χ2n) is 7.87. The Kier molecular flexibility index (Phi) is 5.64. The Morgan fingerprint density at radius 2 is 1.96 bits per heavy atom. The van der Waals surface area contributed by atoms with Gasteiger partial charge in [0.25, 0.3) is 0 Å². The van der Waals surface area contributed by atoms with Crippen LogP contribution >= 0.6 is 24.0 Å². The zero-order valence-corrected chi connectivity index (χ0v) is 18.2. The highest BCUT2D eigenvalue weighted by atomic mass is 127. The van der Waals surface area contributed by atoms with E-state index in [0.717, 1.165) is 38.6 Å². The summed E-state index contributed by atoms with van der Waals surface area (Å²) in [4.78, 5) is 10.8. The smallest absolute Gasteiger partial charge is 0.193 e. The molecule has 2 aromatic rings. The van der Waals surface area contributed by atoms with Crippen LogP contribution in [0.15, 0.2) is 35.5 Å². The lowest BCUT2D eigenvalue weighted by molar-refractivity contribution is 0.0767. The van der Waals surface area contributed by atoms with E-state index in [2.05, 4.69) is 52.6 Å². The molecule has 5 rings (SSSR count). The van der Waals surface area contributed by atoms with Crippen LogP contribution in [-0.4, -0.2) is 54.2 Å². The fraction of sp³-hybridized carbons (Fsp3) is 0.571. The molecule has 3 aliphatic rings. The Balaban J connectivity index is 0.00000180. The van der Waals surface area contributed by atoms with E-state index in [9.17, 15) is 0 Å². The van der Waals surface area contributed by atoms with Crippen molar-refractivity contribution in [3.05, 3.63) is 36.0 Å². The maximum Gasteiger partial charge on any atom is 0.193 e. The van der Waals surface area contributed by atoms with E-state index in [0.29, 0.717) is 24.0 Å². The Morgan fingerprint density at radius 3 is 2.70 bits per heavy atom. The van der Waals surface area contributed by atoms with Crippen LogP contribution in [0.3, 0.4) is 0 Å². The molecule has 1 aromatic carbocycles. The number of halogens is 1. The van der Waals surface area contributed by atoms with Crippen molar-refractivity contribution in [1.29, 1.82) is 0 Å². The topological polar surface area (TPSA) is 52.7 Å². The fourth-order valence-corrected chi connectivity index (χ4v) is 5.18. The van der Waals surface area contributed by atoms with Crippen molar-refractivity contribution in [1.82, 2.24) is 15.2 Å². The minimum Gasteiger partial charge on any atom is -0.374 e. The maximum atomic E-state index is 6.11. The third kappa shape index (κ3) is 3.46. The third-order valence-corrected chi connectivity index (χ3v) is 6.40. The lowest BCUT2D eigenvalue weighted by atomic mass is 9.82. The van der Waals surface area contributed by atoms with E-state index in [1.807, 2.05) is 0 Å². The number of para-hydroxylation sites is 1. The van der Waals surface area contributed by atoms with Crippen LogP contribution in [0.5, 0.6) is 0 Å². The zero-order chi connectivity index (χ0) is 17.5. The van der Waals surface area contributed by atoms with Gasteiger partial charge in [-0.1, -0.05) is 18.2 Å². The number of nitrogens with zero attached hydrogens (tertiary/aromatic N) is 2. The van der Waals surface area contributed by atoms with Crippen molar-refractivity contribution in [3.63, 3.8) is 0 Å². The number of ether oxygens (including phenoxy) is 1. The summed E-state index contributed by atoms with van der Waals surface area (Å²) in [5.41, 5.74) is 2.56. The van der Waals surface area contributed by atoms with Crippen molar-refractivity contribution in [2.45, 2.75) is 38.4 Å². The van der Waals surface area contributed by atoms with E-state index >= 15 is 0 Å². The second-order valence-corrected chi connectivity index (χ2v) is 7.87. The number of aromatic nitrogens is 1. The molecule has 2 bridgehead atoms. The van der Waals surface area contributed by atoms with Gasteiger partial charge >= 0.3 is 0 Å². The van der Waals surface area contributed by atoms with E-state index in [-0.39, 0.29) is 24.0 Å². The van der Waals surface area contributed by atoms with Gasteiger partial charge in [0.1, 0.15) is 0 Å². The molecule has 3 saturated heterocycles. The molecule has 0 saturated carbocycles. The molecule has 3 aliphatic heterocycles. The summed E-state index contributed by atoms with van der Waals surface area (Å²) in [7, 11) is 0. The van der Waals surface area contributed by atoms with Gasteiger partial charge in [-0.15, -0.1) is 24.0 Å². The van der Waals surface area contributed by atoms with E-state index in [1.54, 1.807) is 0 Å².